The highest BCUT2D eigenvalue weighted by molar-refractivity contribution is 6.33. The summed E-state index contributed by atoms with van der Waals surface area (Å²) in [5.41, 5.74) is 8.28. The Morgan fingerprint density at radius 1 is 1.25 bits per heavy atom. The van der Waals surface area contributed by atoms with E-state index in [9.17, 15) is 0 Å². The number of anilines is 3. The number of ether oxygens (including phenoxy) is 1. The van der Waals surface area contributed by atoms with E-state index in [0.717, 1.165) is 11.3 Å². The number of hydrogen-bond donors (Lipinski definition) is 2. The number of nitrogens with two attached hydrogens (primary N) is 1. The first-order valence-electron chi connectivity index (χ1n) is 6.42. The number of hydrogen-bond acceptors (Lipinski definition) is 4. The molecule has 4 nitrogen and oxygen atoms in total. The molecule has 2 rings (SSSR count). The van der Waals surface area contributed by atoms with Crippen molar-refractivity contribution in [1.29, 1.82) is 0 Å². The van der Waals surface area contributed by atoms with Gasteiger partial charge >= 0.3 is 0 Å². The summed E-state index contributed by atoms with van der Waals surface area (Å²) >= 11 is 6.16. The SMILES string of the molecule is Cc1ccc(Cl)c(Nc2ccc(N)c(OC(C)C)n2)c1. The van der Waals surface area contributed by atoms with Gasteiger partial charge in [0, 0.05) is 0 Å². The molecule has 2 aromatic rings. The van der Waals surface area contributed by atoms with E-state index in [1.54, 1.807) is 12.1 Å². The minimum Gasteiger partial charge on any atom is -0.473 e. The summed E-state index contributed by atoms with van der Waals surface area (Å²) in [4.78, 5) is 4.36. The average Bonchev–Trinajstić information content (AvgIpc) is 2.37. The van der Waals surface area contributed by atoms with Crippen LogP contribution in [0.4, 0.5) is 17.2 Å². The molecule has 1 heterocycles. The van der Waals surface area contributed by atoms with Crippen LogP contribution < -0.4 is 15.8 Å². The lowest BCUT2D eigenvalue weighted by Crippen LogP contribution is -2.09. The fourth-order valence-electron chi connectivity index (χ4n) is 1.71. The van der Waals surface area contributed by atoms with Gasteiger partial charge in [-0.1, -0.05) is 17.7 Å². The number of aromatic nitrogens is 1. The Morgan fingerprint density at radius 3 is 2.70 bits per heavy atom. The zero-order valence-electron chi connectivity index (χ0n) is 11.8. The molecule has 0 bridgehead atoms. The van der Waals surface area contributed by atoms with E-state index in [0.29, 0.717) is 22.4 Å². The third-order valence-electron chi connectivity index (χ3n) is 2.62. The van der Waals surface area contributed by atoms with Crippen molar-refractivity contribution in [1.82, 2.24) is 4.98 Å². The standard InChI is InChI=1S/C15H18ClN3O/c1-9(2)20-15-12(17)6-7-14(19-15)18-13-8-10(3)4-5-11(13)16/h4-9H,17H2,1-3H3,(H,18,19). The first kappa shape index (κ1) is 14.5. The van der Waals surface area contributed by atoms with Crippen LogP contribution in [0.15, 0.2) is 30.3 Å². The predicted molar refractivity (Wildman–Crippen MR) is 83.9 cm³/mol. The minimum absolute atomic E-state index is 0.0163. The molecular formula is C15H18ClN3O. The molecular weight excluding hydrogens is 274 g/mol. The van der Waals surface area contributed by atoms with Gasteiger partial charge in [0.25, 0.3) is 0 Å². The zero-order valence-corrected chi connectivity index (χ0v) is 12.5. The van der Waals surface area contributed by atoms with Crippen molar-refractivity contribution in [3.8, 4) is 5.88 Å². The molecule has 0 spiro atoms. The van der Waals surface area contributed by atoms with Crippen molar-refractivity contribution in [3.05, 3.63) is 40.9 Å². The fraction of sp³-hybridized carbons (Fsp3) is 0.267. The van der Waals surface area contributed by atoms with E-state index in [2.05, 4.69) is 10.3 Å². The summed E-state index contributed by atoms with van der Waals surface area (Å²) < 4.78 is 5.57. The smallest absolute Gasteiger partial charge is 0.239 e. The van der Waals surface area contributed by atoms with Gasteiger partial charge in [0.2, 0.25) is 5.88 Å². The molecule has 0 saturated carbocycles. The summed E-state index contributed by atoms with van der Waals surface area (Å²) in [6, 6.07) is 9.32. The fourth-order valence-corrected chi connectivity index (χ4v) is 1.88. The molecule has 0 amide bonds. The van der Waals surface area contributed by atoms with Gasteiger partial charge in [-0.25, -0.2) is 0 Å². The molecule has 0 unspecified atom stereocenters. The van der Waals surface area contributed by atoms with Crippen LogP contribution >= 0.6 is 11.6 Å². The predicted octanol–water partition coefficient (Wildman–Crippen LogP) is 4.16. The van der Waals surface area contributed by atoms with Crippen molar-refractivity contribution in [2.45, 2.75) is 26.9 Å². The number of aryl methyl sites for hydroxylation is 1. The van der Waals surface area contributed by atoms with Crippen LogP contribution in [0.3, 0.4) is 0 Å². The molecule has 1 aromatic heterocycles. The Labute approximate surface area is 123 Å². The minimum atomic E-state index is 0.0163. The van der Waals surface area contributed by atoms with Crippen molar-refractivity contribution in [2.75, 3.05) is 11.1 Å². The first-order chi connectivity index (χ1) is 9.45. The lowest BCUT2D eigenvalue weighted by atomic mass is 10.2. The van der Waals surface area contributed by atoms with Gasteiger partial charge in [-0.2, -0.15) is 4.98 Å². The van der Waals surface area contributed by atoms with E-state index in [1.165, 1.54) is 0 Å². The molecule has 0 aliphatic rings. The van der Waals surface area contributed by atoms with E-state index < -0.39 is 0 Å². The molecule has 106 valence electrons. The third kappa shape index (κ3) is 3.54. The lowest BCUT2D eigenvalue weighted by molar-refractivity contribution is 0.234. The van der Waals surface area contributed by atoms with E-state index in [1.807, 2.05) is 39.0 Å². The van der Waals surface area contributed by atoms with Gasteiger partial charge in [0.15, 0.2) is 0 Å². The van der Waals surface area contributed by atoms with Crippen LogP contribution in [0, 0.1) is 6.92 Å². The Kier molecular flexibility index (Phi) is 4.35. The summed E-state index contributed by atoms with van der Waals surface area (Å²) in [5, 5.41) is 3.81. The monoisotopic (exact) mass is 291 g/mol. The van der Waals surface area contributed by atoms with Crippen molar-refractivity contribution in [2.24, 2.45) is 0 Å². The van der Waals surface area contributed by atoms with Gasteiger partial charge in [-0.05, 0) is 50.6 Å². The van der Waals surface area contributed by atoms with Crippen LogP contribution in [0.2, 0.25) is 5.02 Å². The van der Waals surface area contributed by atoms with Gasteiger partial charge < -0.3 is 15.8 Å². The summed E-state index contributed by atoms with van der Waals surface area (Å²) in [6.07, 6.45) is 0.0163. The van der Waals surface area contributed by atoms with Crippen LogP contribution in [-0.4, -0.2) is 11.1 Å². The highest BCUT2D eigenvalue weighted by Crippen LogP contribution is 2.28. The molecule has 0 aliphatic carbocycles. The second kappa shape index (κ2) is 6.01. The Hall–Kier alpha value is -1.94. The maximum absolute atomic E-state index is 6.16. The lowest BCUT2D eigenvalue weighted by Gasteiger charge is -2.13. The first-order valence-corrected chi connectivity index (χ1v) is 6.80. The molecule has 0 radical (unpaired) electrons. The van der Waals surface area contributed by atoms with Gasteiger partial charge in [-0.3, -0.25) is 0 Å². The van der Waals surface area contributed by atoms with Crippen molar-refractivity contribution in [3.63, 3.8) is 0 Å². The molecule has 1 aromatic carbocycles. The number of nitrogens with one attached hydrogen (secondary N) is 1. The third-order valence-corrected chi connectivity index (χ3v) is 2.95. The number of halogens is 1. The quantitative estimate of drug-likeness (QED) is 0.888. The number of pyridine rings is 1. The van der Waals surface area contributed by atoms with Gasteiger partial charge in [-0.15, -0.1) is 0 Å². The molecule has 0 fully saturated rings. The Bertz CT molecular complexity index is 614. The summed E-state index contributed by atoms with van der Waals surface area (Å²) in [6.45, 7) is 5.86. The van der Waals surface area contributed by atoms with Crippen molar-refractivity contribution < 1.29 is 4.74 Å². The number of nitrogens with zero attached hydrogens (tertiary/aromatic N) is 1. The van der Waals surface area contributed by atoms with Gasteiger partial charge in [0.1, 0.15) is 5.82 Å². The highest BCUT2D eigenvalue weighted by atomic mass is 35.5. The molecule has 20 heavy (non-hydrogen) atoms. The van der Waals surface area contributed by atoms with Crippen LogP contribution in [0.1, 0.15) is 19.4 Å². The van der Waals surface area contributed by atoms with Crippen LogP contribution in [0.25, 0.3) is 0 Å². The van der Waals surface area contributed by atoms with E-state index in [4.69, 9.17) is 22.1 Å². The molecule has 0 saturated heterocycles. The molecule has 3 N–H and O–H groups in total. The molecule has 0 atom stereocenters. The molecule has 0 aliphatic heterocycles. The Morgan fingerprint density at radius 2 is 2.00 bits per heavy atom. The second-order valence-electron chi connectivity index (χ2n) is 4.87. The van der Waals surface area contributed by atoms with Gasteiger partial charge in [0.05, 0.1) is 22.5 Å². The molecule has 5 heteroatoms. The maximum Gasteiger partial charge on any atom is 0.239 e. The van der Waals surface area contributed by atoms with E-state index in [-0.39, 0.29) is 6.10 Å². The normalized spacial score (nSPS) is 10.7. The second-order valence-corrected chi connectivity index (χ2v) is 5.27. The van der Waals surface area contributed by atoms with Crippen LogP contribution in [-0.2, 0) is 0 Å². The topological polar surface area (TPSA) is 60.2 Å². The number of rotatable bonds is 4. The number of benzene rings is 1. The van der Waals surface area contributed by atoms with Crippen molar-refractivity contribution >= 4 is 28.8 Å². The summed E-state index contributed by atoms with van der Waals surface area (Å²) in [5.74, 6) is 1.07. The zero-order chi connectivity index (χ0) is 14.7. The van der Waals surface area contributed by atoms with E-state index >= 15 is 0 Å². The summed E-state index contributed by atoms with van der Waals surface area (Å²) in [7, 11) is 0. The Balaban J connectivity index is 2.27. The van der Waals surface area contributed by atoms with Crippen LogP contribution in [0.5, 0.6) is 5.88 Å². The highest BCUT2D eigenvalue weighted by Gasteiger charge is 2.08. The average molecular weight is 292 g/mol. The maximum atomic E-state index is 6.16. The number of nitrogen functional groups attached to an aromatic ring is 1. The largest absolute Gasteiger partial charge is 0.473 e.